The van der Waals surface area contributed by atoms with Gasteiger partial charge in [0.1, 0.15) is 0 Å². The number of nitrogens with zero attached hydrogens (tertiary/aromatic N) is 5. The van der Waals surface area contributed by atoms with E-state index >= 15 is 8.78 Å². The summed E-state index contributed by atoms with van der Waals surface area (Å²) in [5.41, 5.74) is 6.98. The number of aliphatic imine (C=N–C) groups is 1. The Balaban J connectivity index is 0.00000297. The third-order valence-electron chi connectivity index (χ3n) is 9.06. The van der Waals surface area contributed by atoms with Gasteiger partial charge in [0.25, 0.3) is 11.8 Å². The summed E-state index contributed by atoms with van der Waals surface area (Å²) in [6, 6.07) is 7.33. The molecule has 3 heterocycles. The zero-order valence-corrected chi connectivity index (χ0v) is 31.0. The lowest BCUT2D eigenvalue weighted by molar-refractivity contribution is -0.137. The number of amides is 3. The molecule has 3 amide bonds. The van der Waals surface area contributed by atoms with Crippen LogP contribution < -0.4 is 16.4 Å². The molecular formula is C37H47ClF2N8O4. The molecule has 2 saturated heterocycles. The number of nitrogens with one attached hydrogen (secondary N) is 2. The minimum Gasteiger partial charge on any atom is -0.404 e. The minimum absolute atomic E-state index is 0.0261. The van der Waals surface area contributed by atoms with Crippen molar-refractivity contribution in [2.45, 2.75) is 33.6 Å². The Morgan fingerprint density at radius 2 is 1.71 bits per heavy atom. The first kappa shape index (κ1) is 40.1. The molecule has 0 atom stereocenters. The van der Waals surface area contributed by atoms with Gasteiger partial charge in [-0.3, -0.25) is 19.4 Å². The standard InChI is InChI=1S/C35H41ClF2N8O4.C2H6/c1-21(41-12-17-50-3)27(19-39)24-6-7-26(31(38)30(24)37)29-20-42-32(44(29)2)33(47)43-23-4-5-25(28(36)18-23)35(49)46-15-13-45(14-16-46)34(48)22-8-10-40-11-9-22;1-2/h4-7,18-20,22,40H,8-17,39H2,1-3H3,(H,43,47);1-2H3/b27-19+,41-21?;. The predicted molar refractivity (Wildman–Crippen MR) is 199 cm³/mol. The number of rotatable bonds is 10. The summed E-state index contributed by atoms with van der Waals surface area (Å²) in [7, 11) is 3.04. The maximum absolute atomic E-state index is 15.5. The van der Waals surface area contributed by atoms with Gasteiger partial charge in [0.2, 0.25) is 5.91 Å². The van der Waals surface area contributed by atoms with Gasteiger partial charge in [0.15, 0.2) is 17.5 Å². The van der Waals surface area contributed by atoms with Crippen LogP contribution in [0.5, 0.6) is 0 Å². The van der Waals surface area contributed by atoms with Crippen LogP contribution in [0.25, 0.3) is 16.8 Å². The van der Waals surface area contributed by atoms with Crippen molar-refractivity contribution in [3.8, 4) is 11.3 Å². The lowest BCUT2D eigenvalue weighted by Crippen LogP contribution is -2.52. The van der Waals surface area contributed by atoms with E-state index in [2.05, 4.69) is 20.6 Å². The summed E-state index contributed by atoms with van der Waals surface area (Å²) >= 11 is 6.51. The lowest BCUT2D eigenvalue weighted by atomic mass is 9.96. The highest BCUT2D eigenvalue weighted by Gasteiger charge is 2.31. The van der Waals surface area contributed by atoms with Crippen molar-refractivity contribution in [3.63, 3.8) is 0 Å². The fourth-order valence-corrected chi connectivity index (χ4v) is 6.46. The predicted octanol–water partition coefficient (Wildman–Crippen LogP) is 4.99. The first-order valence-corrected chi connectivity index (χ1v) is 17.8. The summed E-state index contributed by atoms with van der Waals surface area (Å²) in [5.74, 6) is -3.04. The SMILES string of the molecule is CC.COCCN=C(C)/C(=C\N)c1ccc(-c2cnc(C(=O)Nc3ccc(C(=O)N4CCN(C(=O)C5CCNCC5)CC4)c(Cl)c3)n2C)c(F)c1F. The van der Waals surface area contributed by atoms with Crippen LogP contribution in [-0.2, 0) is 16.6 Å². The summed E-state index contributed by atoms with van der Waals surface area (Å²) in [6.07, 6.45) is 4.10. The maximum Gasteiger partial charge on any atom is 0.291 e. The number of aromatic nitrogens is 2. The van der Waals surface area contributed by atoms with Crippen molar-refractivity contribution in [2.75, 3.05) is 64.8 Å². The highest BCUT2D eigenvalue weighted by Crippen LogP contribution is 2.31. The van der Waals surface area contributed by atoms with E-state index < -0.39 is 17.5 Å². The number of allylic oxidation sites excluding steroid dienone is 1. The van der Waals surface area contributed by atoms with Crippen molar-refractivity contribution in [2.24, 2.45) is 23.7 Å². The zero-order chi connectivity index (χ0) is 37.9. The molecule has 0 spiro atoms. The van der Waals surface area contributed by atoms with Gasteiger partial charge in [0, 0.05) is 80.6 Å². The Hall–Kier alpha value is -4.66. The molecule has 0 aliphatic carbocycles. The van der Waals surface area contributed by atoms with Crippen LogP contribution in [0.1, 0.15) is 60.2 Å². The van der Waals surface area contributed by atoms with Crippen molar-refractivity contribution >= 4 is 46.3 Å². The Bertz CT molecular complexity index is 1810. The molecule has 2 aliphatic rings. The fourth-order valence-electron chi connectivity index (χ4n) is 6.20. The number of methoxy groups -OCH3 is 1. The largest absolute Gasteiger partial charge is 0.404 e. The summed E-state index contributed by atoms with van der Waals surface area (Å²) in [4.78, 5) is 51.4. The Morgan fingerprint density at radius 3 is 2.35 bits per heavy atom. The first-order valence-electron chi connectivity index (χ1n) is 17.4. The van der Waals surface area contributed by atoms with Crippen molar-refractivity contribution in [3.05, 3.63) is 76.3 Å². The number of nitrogens with two attached hydrogens (primary N) is 1. The van der Waals surface area contributed by atoms with Crippen LogP contribution in [0.4, 0.5) is 14.5 Å². The number of hydrogen-bond donors (Lipinski definition) is 3. The second-order valence-electron chi connectivity index (χ2n) is 12.1. The number of piperazine rings is 1. The number of anilines is 1. The number of carbonyl (C=O) groups excluding carboxylic acids is 3. The first-order chi connectivity index (χ1) is 25.0. The van der Waals surface area contributed by atoms with E-state index in [0.717, 1.165) is 25.9 Å². The monoisotopic (exact) mass is 740 g/mol. The molecular weight excluding hydrogens is 694 g/mol. The number of benzene rings is 2. The molecule has 2 aromatic carbocycles. The van der Waals surface area contributed by atoms with Gasteiger partial charge < -0.3 is 35.5 Å². The zero-order valence-electron chi connectivity index (χ0n) is 30.3. The molecule has 2 aliphatic heterocycles. The molecule has 0 unspecified atom stereocenters. The van der Waals surface area contributed by atoms with Crippen molar-refractivity contribution < 1.29 is 27.9 Å². The number of imidazole rings is 1. The van der Waals surface area contributed by atoms with Crippen molar-refractivity contribution in [1.82, 2.24) is 24.7 Å². The molecule has 280 valence electrons. The Kier molecular flexibility index (Phi) is 14.4. The summed E-state index contributed by atoms with van der Waals surface area (Å²) < 4.78 is 37.2. The molecule has 5 rings (SSSR count). The third-order valence-corrected chi connectivity index (χ3v) is 9.38. The second-order valence-corrected chi connectivity index (χ2v) is 12.6. The van der Waals surface area contributed by atoms with Crippen LogP contribution >= 0.6 is 11.6 Å². The molecule has 4 N–H and O–H groups in total. The van der Waals surface area contributed by atoms with E-state index in [1.165, 1.54) is 55.4 Å². The lowest BCUT2D eigenvalue weighted by Gasteiger charge is -2.37. The topological polar surface area (TPSA) is 147 Å². The second kappa shape index (κ2) is 18.7. The number of piperidine rings is 1. The van der Waals surface area contributed by atoms with E-state index in [1.54, 1.807) is 17.9 Å². The van der Waals surface area contributed by atoms with Gasteiger partial charge in [0.05, 0.1) is 35.6 Å². The average Bonchev–Trinajstić information content (AvgIpc) is 3.55. The van der Waals surface area contributed by atoms with Crippen LogP contribution in [0, 0.1) is 17.6 Å². The molecule has 3 aromatic rings. The smallest absolute Gasteiger partial charge is 0.291 e. The molecule has 1 aromatic heterocycles. The molecule has 0 saturated carbocycles. The van der Waals surface area contributed by atoms with Crippen LogP contribution in [0.15, 0.2) is 47.7 Å². The average molecular weight is 741 g/mol. The van der Waals surface area contributed by atoms with Gasteiger partial charge in [-0.1, -0.05) is 31.5 Å². The van der Waals surface area contributed by atoms with E-state index in [-0.39, 0.29) is 56.5 Å². The Morgan fingerprint density at radius 1 is 1.06 bits per heavy atom. The van der Waals surface area contributed by atoms with Gasteiger partial charge >= 0.3 is 0 Å². The van der Waals surface area contributed by atoms with E-state index in [1.807, 2.05) is 18.7 Å². The highest BCUT2D eigenvalue weighted by molar-refractivity contribution is 6.34. The highest BCUT2D eigenvalue weighted by atomic mass is 35.5. The van der Waals surface area contributed by atoms with Gasteiger partial charge in [-0.2, -0.15) is 0 Å². The van der Waals surface area contributed by atoms with Gasteiger partial charge in [-0.05, 0) is 57.1 Å². The summed E-state index contributed by atoms with van der Waals surface area (Å²) in [5, 5.41) is 6.11. The molecule has 0 radical (unpaired) electrons. The third kappa shape index (κ3) is 9.03. The molecule has 52 heavy (non-hydrogen) atoms. The van der Waals surface area contributed by atoms with Gasteiger partial charge in [-0.25, -0.2) is 13.8 Å². The molecule has 0 bridgehead atoms. The van der Waals surface area contributed by atoms with Crippen LogP contribution in [0.2, 0.25) is 5.02 Å². The quantitative estimate of drug-likeness (QED) is 0.196. The normalized spacial score (nSPS) is 15.6. The fraction of sp³-hybridized carbons (Fsp3) is 0.432. The summed E-state index contributed by atoms with van der Waals surface area (Å²) in [6.45, 7) is 9.73. The number of hydrogen-bond acceptors (Lipinski definition) is 8. The van der Waals surface area contributed by atoms with E-state index in [0.29, 0.717) is 50.7 Å². The number of ether oxygens (including phenoxy) is 1. The van der Waals surface area contributed by atoms with Gasteiger partial charge in [-0.15, -0.1) is 0 Å². The minimum atomic E-state index is -1.14. The van der Waals surface area contributed by atoms with Crippen molar-refractivity contribution in [1.29, 1.82) is 0 Å². The molecule has 15 heteroatoms. The van der Waals surface area contributed by atoms with Crippen LogP contribution in [0.3, 0.4) is 0 Å². The molecule has 12 nitrogen and oxygen atoms in total. The van der Waals surface area contributed by atoms with E-state index in [9.17, 15) is 14.4 Å². The van der Waals surface area contributed by atoms with Crippen LogP contribution in [-0.4, -0.2) is 102 Å². The maximum atomic E-state index is 15.5. The Labute approximate surface area is 308 Å². The number of halogens is 3. The molecule has 2 fully saturated rings. The van der Waals surface area contributed by atoms with E-state index in [4.69, 9.17) is 22.1 Å². The number of carbonyl (C=O) groups is 3.